The van der Waals surface area contributed by atoms with Crippen LogP contribution >= 0.6 is 23.1 Å². The number of hydrogen-bond acceptors (Lipinski definition) is 9. The van der Waals surface area contributed by atoms with Crippen molar-refractivity contribution in [2.24, 2.45) is 0 Å². The van der Waals surface area contributed by atoms with Crippen LogP contribution in [0.2, 0.25) is 0 Å². The minimum absolute atomic E-state index is 0.00198. The van der Waals surface area contributed by atoms with Gasteiger partial charge in [0.15, 0.2) is 4.34 Å². The highest BCUT2D eigenvalue weighted by molar-refractivity contribution is 8.01. The smallest absolute Gasteiger partial charge is 0.257 e. The number of para-hydroxylation sites is 1. The molecule has 36 heavy (non-hydrogen) atoms. The highest BCUT2D eigenvalue weighted by Gasteiger charge is 2.27. The lowest BCUT2D eigenvalue weighted by atomic mass is 10.2. The maximum Gasteiger partial charge on any atom is 0.257 e. The third kappa shape index (κ3) is 5.30. The second-order valence-corrected chi connectivity index (χ2v) is 12.2. The van der Waals surface area contributed by atoms with Gasteiger partial charge in [0.1, 0.15) is 0 Å². The van der Waals surface area contributed by atoms with Crippen LogP contribution in [0.1, 0.15) is 15.9 Å². The fraction of sp³-hybridized carbons (Fsp3) is 0.304. The molecule has 13 heteroatoms. The van der Waals surface area contributed by atoms with Crippen molar-refractivity contribution in [2.45, 2.75) is 15.7 Å². The highest BCUT2D eigenvalue weighted by atomic mass is 32.2. The minimum Gasteiger partial charge on any atom is -0.379 e. The molecule has 1 N–H and O–H groups in total. The molecule has 0 radical (unpaired) electrons. The maximum atomic E-state index is 12.7. The van der Waals surface area contributed by atoms with Gasteiger partial charge >= 0.3 is 0 Å². The molecule has 1 aromatic heterocycles. The fourth-order valence-electron chi connectivity index (χ4n) is 4.00. The average molecular weight is 546 g/mol. The topological polar surface area (TPSA) is 122 Å². The number of carbonyl (C=O) groups is 2. The van der Waals surface area contributed by atoms with E-state index >= 15 is 0 Å². The van der Waals surface area contributed by atoms with Gasteiger partial charge in [0.25, 0.3) is 5.91 Å². The molecule has 3 heterocycles. The molecule has 0 aliphatic carbocycles. The molecule has 0 unspecified atom stereocenters. The normalized spacial score (nSPS) is 16.1. The summed E-state index contributed by atoms with van der Waals surface area (Å²) < 4.78 is 32.6. The Bertz CT molecular complexity index is 1370. The summed E-state index contributed by atoms with van der Waals surface area (Å²) in [6, 6.07) is 13.7. The Balaban J connectivity index is 1.16. The van der Waals surface area contributed by atoms with Crippen molar-refractivity contribution in [1.29, 1.82) is 0 Å². The number of nitrogens with zero attached hydrogens (tertiary/aromatic N) is 4. The van der Waals surface area contributed by atoms with Gasteiger partial charge in [-0.1, -0.05) is 41.3 Å². The first-order chi connectivity index (χ1) is 17.4. The molecule has 0 saturated carbocycles. The molecule has 2 aromatic carbocycles. The van der Waals surface area contributed by atoms with E-state index < -0.39 is 15.9 Å². The number of hydrogen-bond donors (Lipinski definition) is 1. The van der Waals surface area contributed by atoms with Crippen LogP contribution in [0.3, 0.4) is 0 Å². The van der Waals surface area contributed by atoms with Crippen LogP contribution in [0, 0.1) is 0 Å². The van der Waals surface area contributed by atoms with Crippen LogP contribution in [0.15, 0.2) is 57.8 Å². The Hall–Kier alpha value is -2.84. The number of aromatic nitrogens is 2. The number of nitrogens with one attached hydrogen (secondary N) is 1. The third-order valence-electron chi connectivity index (χ3n) is 5.86. The Labute approximate surface area is 216 Å². The van der Waals surface area contributed by atoms with E-state index in [4.69, 9.17) is 4.74 Å². The lowest BCUT2D eigenvalue weighted by Crippen LogP contribution is -2.40. The molecule has 2 aliphatic heterocycles. The van der Waals surface area contributed by atoms with Gasteiger partial charge in [-0.15, -0.1) is 10.2 Å². The van der Waals surface area contributed by atoms with E-state index in [2.05, 4.69) is 15.5 Å². The number of carbonyl (C=O) groups excluding carboxylic acids is 2. The molecule has 3 aromatic rings. The molecule has 10 nitrogen and oxygen atoms in total. The van der Waals surface area contributed by atoms with Gasteiger partial charge in [-0.2, -0.15) is 4.31 Å². The van der Waals surface area contributed by atoms with Gasteiger partial charge in [-0.3, -0.25) is 14.9 Å². The number of benzene rings is 2. The molecule has 2 aliphatic rings. The average Bonchev–Trinajstić information content (AvgIpc) is 3.55. The summed E-state index contributed by atoms with van der Waals surface area (Å²) in [5.41, 5.74) is 2.42. The number of morpholine rings is 1. The van der Waals surface area contributed by atoms with Crippen molar-refractivity contribution >= 4 is 55.8 Å². The van der Waals surface area contributed by atoms with Crippen LogP contribution in [0.5, 0.6) is 0 Å². The molecule has 0 atom stereocenters. The number of sulfonamides is 1. The van der Waals surface area contributed by atoms with E-state index in [1.165, 1.54) is 57.2 Å². The molecule has 1 fully saturated rings. The molecule has 2 amide bonds. The molecule has 0 bridgehead atoms. The van der Waals surface area contributed by atoms with Crippen molar-refractivity contribution < 1.29 is 22.7 Å². The lowest BCUT2D eigenvalue weighted by Gasteiger charge is -2.26. The van der Waals surface area contributed by atoms with E-state index in [9.17, 15) is 18.0 Å². The standard InChI is InChI=1S/C23H23N5O5S3/c29-20(28-10-9-16-3-1-2-4-19(16)28)15-34-23-26-25-22(35-23)24-21(30)17-5-7-18(8-6-17)36(31,32)27-11-13-33-14-12-27/h1-8H,9-15H2,(H,24,25,30). The predicted octanol–water partition coefficient (Wildman–Crippen LogP) is 2.49. The van der Waals surface area contributed by atoms with Crippen LogP contribution in [-0.4, -0.2) is 73.3 Å². The molecular weight excluding hydrogens is 522 g/mol. The zero-order valence-corrected chi connectivity index (χ0v) is 21.6. The van der Waals surface area contributed by atoms with E-state index in [1.807, 2.05) is 24.3 Å². The van der Waals surface area contributed by atoms with Crippen molar-refractivity contribution in [3.05, 3.63) is 59.7 Å². The monoisotopic (exact) mass is 545 g/mol. The minimum atomic E-state index is -3.63. The second-order valence-electron chi connectivity index (χ2n) is 8.08. The summed E-state index contributed by atoms with van der Waals surface area (Å²) >= 11 is 2.45. The Morgan fingerprint density at radius 1 is 1.03 bits per heavy atom. The van der Waals surface area contributed by atoms with Gasteiger partial charge in [0, 0.05) is 30.9 Å². The number of amides is 2. The number of ether oxygens (including phenoxy) is 1. The van der Waals surface area contributed by atoms with Crippen LogP contribution in [-0.2, 0) is 26.0 Å². The van der Waals surface area contributed by atoms with Crippen LogP contribution in [0.4, 0.5) is 10.8 Å². The van der Waals surface area contributed by atoms with Gasteiger partial charge < -0.3 is 9.64 Å². The largest absolute Gasteiger partial charge is 0.379 e. The fourth-order valence-corrected chi connectivity index (χ4v) is 7.03. The number of thioether (sulfide) groups is 1. The van der Waals surface area contributed by atoms with Crippen molar-refractivity contribution in [1.82, 2.24) is 14.5 Å². The maximum absolute atomic E-state index is 12.7. The van der Waals surface area contributed by atoms with E-state index in [0.29, 0.717) is 47.9 Å². The van der Waals surface area contributed by atoms with Gasteiger partial charge in [-0.25, -0.2) is 8.42 Å². The zero-order valence-electron chi connectivity index (χ0n) is 19.1. The molecular formula is C23H23N5O5S3. The van der Waals surface area contributed by atoms with Crippen LogP contribution in [0.25, 0.3) is 0 Å². The first-order valence-corrected chi connectivity index (χ1v) is 14.5. The highest BCUT2D eigenvalue weighted by Crippen LogP contribution is 2.30. The van der Waals surface area contributed by atoms with E-state index in [0.717, 1.165) is 12.1 Å². The third-order valence-corrected chi connectivity index (χ3v) is 9.73. The van der Waals surface area contributed by atoms with Crippen LogP contribution < -0.4 is 10.2 Å². The second kappa shape index (κ2) is 10.6. The Kier molecular flexibility index (Phi) is 7.34. The zero-order chi connectivity index (χ0) is 25.1. The van der Waals surface area contributed by atoms with E-state index in [-0.39, 0.29) is 16.6 Å². The summed E-state index contributed by atoms with van der Waals surface area (Å²) in [6.07, 6.45) is 0.849. The first-order valence-electron chi connectivity index (χ1n) is 11.3. The SMILES string of the molecule is O=C(Nc1nnc(SCC(=O)N2CCc3ccccc32)s1)c1ccc(S(=O)(=O)N2CCOCC2)cc1. The molecule has 188 valence electrons. The van der Waals surface area contributed by atoms with Crippen molar-refractivity contribution in [2.75, 3.05) is 48.8 Å². The number of fused-ring (bicyclic) bond motifs is 1. The Morgan fingerprint density at radius 2 is 1.78 bits per heavy atom. The van der Waals surface area contributed by atoms with Gasteiger partial charge in [-0.05, 0) is 42.3 Å². The summed E-state index contributed by atoms with van der Waals surface area (Å²) in [5, 5.41) is 11.0. The molecule has 1 saturated heterocycles. The van der Waals surface area contributed by atoms with Gasteiger partial charge in [0.05, 0.1) is 23.9 Å². The number of anilines is 2. The summed E-state index contributed by atoms with van der Waals surface area (Å²) in [7, 11) is -3.63. The first kappa shape index (κ1) is 24.8. The number of rotatable bonds is 7. The molecule has 0 spiro atoms. The quantitative estimate of drug-likeness (QED) is 0.355. The van der Waals surface area contributed by atoms with Crippen molar-refractivity contribution in [3.63, 3.8) is 0 Å². The lowest BCUT2D eigenvalue weighted by molar-refractivity contribution is -0.116. The predicted molar refractivity (Wildman–Crippen MR) is 137 cm³/mol. The van der Waals surface area contributed by atoms with Gasteiger partial charge in [0.2, 0.25) is 21.1 Å². The Morgan fingerprint density at radius 3 is 2.56 bits per heavy atom. The van der Waals surface area contributed by atoms with E-state index in [1.54, 1.807) is 4.90 Å². The van der Waals surface area contributed by atoms with Crippen molar-refractivity contribution in [3.8, 4) is 0 Å². The summed E-state index contributed by atoms with van der Waals surface area (Å²) in [5.74, 6) is -0.212. The summed E-state index contributed by atoms with van der Waals surface area (Å²) in [6.45, 7) is 2.00. The summed E-state index contributed by atoms with van der Waals surface area (Å²) in [4.78, 5) is 27.2. The molecule has 5 rings (SSSR count).